The van der Waals surface area contributed by atoms with E-state index < -0.39 is 154 Å². The molecule has 3 aliphatic rings. The van der Waals surface area contributed by atoms with Gasteiger partial charge in [0.25, 0.3) is 80.9 Å². The van der Waals surface area contributed by atoms with Crippen LogP contribution in [0.5, 0.6) is 0 Å². The van der Waals surface area contributed by atoms with Crippen molar-refractivity contribution < 1.29 is 104 Å². The van der Waals surface area contributed by atoms with Crippen molar-refractivity contribution in [1.82, 2.24) is 19.9 Å². The summed E-state index contributed by atoms with van der Waals surface area (Å²) in [5.74, 6) is 0. The van der Waals surface area contributed by atoms with E-state index in [1.54, 1.807) is 0 Å². The molecule has 336 valence electrons. The van der Waals surface area contributed by atoms with Crippen molar-refractivity contribution in [2.75, 3.05) is 0 Å². The summed E-state index contributed by atoms with van der Waals surface area (Å²) < 4.78 is 286. The summed E-state index contributed by atoms with van der Waals surface area (Å²) in [4.78, 5) is -3.78. The molecule has 0 aromatic carbocycles. The molecule has 36 heteroatoms. The Balaban J connectivity index is 2.08. The molecule has 2 aliphatic heterocycles. The Morgan fingerprint density at radius 3 is 1.24 bits per heavy atom. The van der Waals surface area contributed by atoms with Crippen LogP contribution in [-0.4, -0.2) is 129 Å². The van der Waals surface area contributed by atoms with E-state index >= 15 is 0 Å². The Kier molecular flexibility index (Phi) is 10.7. The Morgan fingerprint density at radius 1 is 0.452 bits per heavy atom. The molecule has 0 fully saturated rings. The molecule has 6 rings (SSSR count). The van der Waals surface area contributed by atoms with Gasteiger partial charge in [-0.1, -0.05) is 0 Å². The SMILES string of the molecule is O=S(=O)(O)C1=C(S(=O)(=O)O)C(S(=O)(=O)O)C(c2cc3cc4[nH]c(cc5nc(cc6nc(cc2[nH]3)C=C6)C=C5)c(S(=O)(=O)O)c4S(=O)(=O)O)(S(=O)(=O)O)C(S(=O)(=O)O)=C1S(=O)(=O)O. The standard InChI is InChI=1S/C26H20N4O24S8/c31-55(32,33)19-17-8-13-4-2-11(28-13)5-10-1-3-12(27-10)7-16-15(6-14(29-16)9-18(30-17)20(19)56(34,35)36)26(62(52,53)54)24(60(46,47)48)22(58(40,41)42)21(57(37,38)39)23(59(43,44)45)25(26)61(49,50)51/h1-9,24,29-30H,(H,31,32,33)(H,34,35,36)(H,37,38,39)(H,40,41,42)(H,43,44,45)(H,46,47,48)(H,49,50,51)(H,52,53,54). The van der Waals surface area contributed by atoms with E-state index in [0.717, 1.165) is 12.1 Å². The molecule has 5 heterocycles. The van der Waals surface area contributed by atoms with Gasteiger partial charge in [0.05, 0.1) is 33.8 Å². The monoisotopic (exact) mass is 1030 g/mol. The van der Waals surface area contributed by atoms with Crippen LogP contribution in [0.1, 0.15) is 28.3 Å². The number of H-pyrrole nitrogens is 2. The van der Waals surface area contributed by atoms with Crippen molar-refractivity contribution in [2.24, 2.45) is 0 Å². The van der Waals surface area contributed by atoms with Crippen LogP contribution >= 0.6 is 0 Å². The fourth-order valence-electron chi connectivity index (χ4n) is 6.77. The largest absolute Gasteiger partial charge is 0.355 e. The topological polar surface area (TPSA) is 492 Å². The van der Waals surface area contributed by atoms with Crippen LogP contribution < -0.4 is 0 Å². The maximum atomic E-state index is 13.9. The number of hydrogen-bond acceptors (Lipinski definition) is 18. The second kappa shape index (κ2) is 14.2. The Morgan fingerprint density at radius 2 is 0.871 bits per heavy atom. The van der Waals surface area contributed by atoms with Gasteiger partial charge in [-0.05, 0) is 54.6 Å². The van der Waals surface area contributed by atoms with Crippen LogP contribution in [0.3, 0.4) is 0 Å². The average molecular weight is 1030 g/mol. The zero-order chi connectivity index (χ0) is 46.9. The lowest BCUT2D eigenvalue weighted by atomic mass is 9.90. The van der Waals surface area contributed by atoms with E-state index in [0.29, 0.717) is 12.1 Å². The molecule has 1 aliphatic carbocycles. The van der Waals surface area contributed by atoms with Crippen molar-refractivity contribution >= 4 is 127 Å². The first-order valence-corrected chi connectivity index (χ1v) is 26.8. The van der Waals surface area contributed by atoms with Crippen LogP contribution in [-0.2, 0) is 85.7 Å². The first-order valence-electron chi connectivity index (χ1n) is 15.2. The van der Waals surface area contributed by atoms with Gasteiger partial charge in [0, 0.05) is 16.6 Å². The normalized spacial score (nSPS) is 19.6. The first-order chi connectivity index (χ1) is 27.8. The number of aromatic nitrogens is 4. The third kappa shape index (κ3) is 8.07. The van der Waals surface area contributed by atoms with Crippen LogP contribution in [0, 0.1) is 0 Å². The van der Waals surface area contributed by atoms with Gasteiger partial charge in [-0.3, -0.25) is 36.4 Å². The molecule has 62 heavy (non-hydrogen) atoms. The van der Waals surface area contributed by atoms with Crippen LogP contribution in [0.2, 0.25) is 0 Å². The molecule has 8 bridgehead atoms. The minimum Gasteiger partial charge on any atom is -0.355 e. The molecule has 0 saturated heterocycles. The van der Waals surface area contributed by atoms with Crippen molar-refractivity contribution in [2.45, 2.75) is 19.8 Å². The molecule has 0 saturated carbocycles. The summed E-state index contributed by atoms with van der Waals surface area (Å²) in [6.45, 7) is 0. The number of aromatic amines is 2. The summed E-state index contributed by atoms with van der Waals surface area (Å²) in [5.41, 5.74) is -7.16. The van der Waals surface area contributed by atoms with Crippen molar-refractivity contribution in [3.05, 3.63) is 78.3 Å². The summed E-state index contributed by atoms with van der Waals surface area (Å²) in [7, 11) is -54.4. The van der Waals surface area contributed by atoms with Crippen LogP contribution in [0.25, 0.3) is 46.4 Å². The predicted molar refractivity (Wildman–Crippen MR) is 207 cm³/mol. The molecule has 0 spiro atoms. The van der Waals surface area contributed by atoms with Crippen LogP contribution in [0.15, 0.2) is 59.7 Å². The van der Waals surface area contributed by atoms with Gasteiger partial charge < -0.3 is 9.97 Å². The number of nitrogens with one attached hydrogen (secondary N) is 2. The molecule has 10 N–H and O–H groups in total. The zero-order valence-corrected chi connectivity index (χ0v) is 35.6. The summed E-state index contributed by atoms with van der Waals surface area (Å²) in [5, 5.41) is -4.70. The molecular formula is C26H20N4O24S8. The minimum absolute atomic E-state index is 0.000892. The Hall–Kier alpha value is -4.64. The van der Waals surface area contributed by atoms with Crippen molar-refractivity contribution in [3.8, 4) is 0 Å². The van der Waals surface area contributed by atoms with Gasteiger partial charge in [-0.2, -0.15) is 67.3 Å². The van der Waals surface area contributed by atoms with E-state index in [1.165, 1.54) is 24.3 Å². The van der Waals surface area contributed by atoms with Gasteiger partial charge in [0.15, 0.2) is 10.00 Å². The molecule has 2 atom stereocenters. The quantitative estimate of drug-likeness (QED) is 0.0830. The number of hydrogen-bond donors (Lipinski definition) is 10. The lowest BCUT2D eigenvalue weighted by molar-refractivity contribution is 0.414. The van der Waals surface area contributed by atoms with Crippen molar-refractivity contribution in [3.63, 3.8) is 0 Å². The highest BCUT2D eigenvalue weighted by Gasteiger charge is 2.71. The summed E-state index contributed by atoms with van der Waals surface area (Å²) in [6.07, 6.45) is 4.71. The van der Waals surface area contributed by atoms with Gasteiger partial charge in [-0.25, -0.2) is 9.97 Å². The minimum atomic E-state index is -7.36. The summed E-state index contributed by atoms with van der Waals surface area (Å²) in [6, 6.07) is 2.81. The molecule has 3 aromatic rings. The first kappa shape index (κ1) is 46.9. The fourth-order valence-corrected chi connectivity index (χ4v) is 18.7. The molecule has 2 unspecified atom stereocenters. The van der Waals surface area contributed by atoms with Crippen LogP contribution in [0.4, 0.5) is 0 Å². The Labute approximate surface area is 347 Å². The third-order valence-electron chi connectivity index (χ3n) is 8.63. The average Bonchev–Trinajstić information content (AvgIpc) is 3.83. The number of rotatable bonds is 9. The maximum Gasteiger partial charge on any atom is 0.298 e. The highest BCUT2D eigenvalue weighted by molar-refractivity contribution is 8.00. The van der Waals surface area contributed by atoms with E-state index in [4.69, 9.17) is 0 Å². The lowest BCUT2D eigenvalue weighted by Gasteiger charge is -2.40. The second-order valence-electron chi connectivity index (χ2n) is 12.6. The Bertz CT molecular complexity index is 3840. The molecule has 3 aromatic heterocycles. The van der Waals surface area contributed by atoms with E-state index in [9.17, 15) is 104 Å². The smallest absolute Gasteiger partial charge is 0.298 e. The van der Waals surface area contributed by atoms with Gasteiger partial charge in [-0.15, -0.1) is 0 Å². The molecule has 0 radical (unpaired) electrons. The van der Waals surface area contributed by atoms with Gasteiger partial charge >= 0.3 is 0 Å². The highest BCUT2D eigenvalue weighted by atomic mass is 32.3. The van der Waals surface area contributed by atoms with Crippen molar-refractivity contribution in [1.29, 1.82) is 0 Å². The third-order valence-corrected chi connectivity index (χ3v) is 18.0. The predicted octanol–water partition coefficient (Wildman–Crippen LogP) is -0.523. The molecule has 28 nitrogen and oxygen atoms in total. The number of fused-ring (bicyclic) bond motifs is 8. The van der Waals surface area contributed by atoms with E-state index in [2.05, 4.69) is 19.9 Å². The van der Waals surface area contributed by atoms with E-state index in [-0.39, 0.29) is 23.1 Å². The number of nitrogens with zero attached hydrogens (tertiary/aromatic N) is 2. The fraction of sp³-hybridized carbons (Fsp3) is 0.0769. The zero-order valence-electron chi connectivity index (χ0n) is 29.0. The molecular weight excluding hydrogens is 1010 g/mol. The van der Waals surface area contributed by atoms with Gasteiger partial charge in [0.2, 0.25) is 0 Å². The maximum absolute atomic E-state index is 13.9. The van der Waals surface area contributed by atoms with E-state index in [1.807, 2.05) is 0 Å². The lowest BCUT2D eigenvalue weighted by Crippen LogP contribution is -2.57. The second-order valence-corrected chi connectivity index (χ2v) is 23.9. The highest BCUT2D eigenvalue weighted by Crippen LogP contribution is 2.57. The summed E-state index contributed by atoms with van der Waals surface area (Å²) >= 11 is 0. The molecule has 0 amide bonds. The van der Waals surface area contributed by atoms with Gasteiger partial charge in [0.1, 0.15) is 29.4 Å².